The number of hydrogen-bond acceptors (Lipinski definition) is 4. The molecule has 0 aliphatic heterocycles. The van der Waals surface area contributed by atoms with E-state index in [-0.39, 0.29) is 11.8 Å². The van der Waals surface area contributed by atoms with Gasteiger partial charge in [0.2, 0.25) is 0 Å². The normalized spacial score (nSPS) is 23.0. The van der Waals surface area contributed by atoms with E-state index in [4.69, 9.17) is 4.55 Å². The lowest BCUT2D eigenvalue weighted by Gasteiger charge is -2.17. The number of hydrogen-bond donors (Lipinski definition) is 3. The van der Waals surface area contributed by atoms with E-state index in [2.05, 4.69) is 5.32 Å². The smallest absolute Gasteiger partial charge is 0.264 e. The first kappa shape index (κ1) is 13.5. The van der Waals surface area contributed by atoms with E-state index in [1.54, 1.807) is 0 Å². The van der Waals surface area contributed by atoms with Crippen molar-refractivity contribution in [2.24, 2.45) is 0 Å². The van der Waals surface area contributed by atoms with Crippen molar-refractivity contribution in [3.63, 3.8) is 0 Å². The molecule has 1 unspecified atom stereocenters. The summed E-state index contributed by atoms with van der Waals surface area (Å²) in [5.74, 6) is -0.259. The minimum absolute atomic E-state index is 0.150. The lowest BCUT2D eigenvalue weighted by Crippen LogP contribution is -2.30. The van der Waals surface area contributed by atoms with Gasteiger partial charge in [0.1, 0.15) is 0 Å². The van der Waals surface area contributed by atoms with Crippen molar-refractivity contribution in [1.29, 1.82) is 0 Å². The van der Waals surface area contributed by atoms with E-state index in [0.717, 1.165) is 11.1 Å². The molecule has 6 heteroatoms. The first-order chi connectivity index (χ1) is 8.47. The van der Waals surface area contributed by atoms with Crippen LogP contribution in [0.3, 0.4) is 0 Å². The van der Waals surface area contributed by atoms with Crippen molar-refractivity contribution in [2.75, 3.05) is 12.3 Å². The number of rotatable bonds is 5. The zero-order valence-corrected chi connectivity index (χ0v) is 10.7. The van der Waals surface area contributed by atoms with Gasteiger partial charge in [-0.15, -0.1) is 0 Å². The lowest BCUT2D eigenvalue weighted by molar-refractivity contribution is 0.141. The fourth-order valence-corrected chi connectivity index (χ4v) is 2.84. The van der Waals surface area contributed by atoms with Gasteiger partial charge in [-0.05, 0) is 24.1 Å². The Bertz CT molecular complexity index is 515. The van der Waals surface area contributed by atoms with Crippen molar-refractivity contribution >= 4 is 10.1 Å². The molecule has 0 bridgehead atoms. The fraction of sp³-hybridized carbons (Fsp3) is 0.500. The predicted octanol–water partition coefficient (Wildman–Crippen LogP) is 0.512. The van der Waals surface area contributed by atoms with Gasteiger partial charge >= 0.3 is 0 Å². The van der Waals surface area contributed by atoms with Crippen LogP contribution >= 0.6 is 0 Å². The van der Waals surface area contributed by atoms with Gasteiger partial charge in [-0.2, -0.15) is 8.42 Å². The van der Waals surface area contributed by atoms with Crippen LogP contribution in [0.2, 0.25) is 0 Å². The summed E-state index contributed by atoms with van der Waals surface area (Å²) in [5, 5.41) is 13.1. The maximum absolute atomic E-state index is 10.6. The molecule has 1 aromatic rings. The number of aliphatic hydroxyl groups is 1. The molecule has 2 rings (SSSR count). The number of benzene rings is 1. The third-order valence-corrected chi connectivity index (χ3v) is 3.95. The van der Waals surface area contributed by atoms with Crippen LogP contribution in [-0.4, -0.2) is 36.5 Å². The summed E-state index contributed by atoms with van der Waals surface area (Å²) in [4.78, 5) is 0. The minimum atomic E-state index is -3.90. The van der Waals surface area contributed by atoms with Crippen LogP contribution < -0.4 is 5.32 Å². The summed E-state index contributed by atoms with van der Waals surface area (Å²) < 4.78 is 29.8. The topological polar surface area (TPSA) is 86.6 Å². The standard InChI is InChI=1S/C12H17NO4S/c14-11-8-9-4-1-2-5-10(9)12(11)13-6-3-7-18(15,16)17/h1-2,4-5,11-14H,3,6-8H2,(H,15,16,17)/t11-,12?/m0/s1. The first-order valence-corrected chi connectivity index (χ1v) is 7.53. The molecule has 100 valence electrons. The maximum Gasteiger partial charge on any atom is 0.264 e. The van der Waals surface area contributed by atoms with E-state index in [0.29, 0.717) is 19.4 Å². The number of fused-ring (bicyclic) bond motifs is 1. The third kappa shape index (κ3) is 3.29. The minimum Gasteiger partial charge on any atom is -0.391 e. The van der Waals surface area contributed by atoms with Gasteiger partial charge in [0.05, 0.1) is 17.9 Å². The van der Waals surface area contributed by atoms with Crippen molar-refractivity contribution in [2.45, 2.75) is 25.0 Å². The number of nitrogens with one attached hydrogen (secondary N) is 1. The van der Waals surface area contributed by atoms with Crippen LogP contribution in [-0.2, 0) is 16.5 Å². The molecule has 3 N–H and O–H groups in total. The van der Waals surface area contributed by atoms with Crippen molar-refractivity contribution < 1.29 is 18.1 Å². The Balaban J connectivity index is 1.90. The van der Waals surface area contributed by atoms with Crippen LogP contribution in [0.4, 0.5) is 0 Å². The average Bonchev–Trinajstić information content (AvgIpc) is 2.59. The Morgan fingerprint density at radius 2 is 2.06 bits per heavy atom. The summed E-state index contributed by atoms with van der Waals surface area (Å²) >= 11 is 0. The van der Waals surface area contributed by atoms with E-state index in [9.17, 15) is 13.5 Å². The second-order valence-corrected chi connectivity index (χ2v) is 6.11. The molecular weight excluding hydrogens is 254 g/mol. The van der Waals surface area contributed by atoms with E-state index >= 15 is 0 Å². The van der Waals surface area contributed by atoms with Gasteiger partial charge in [-0.3, -0.25) is 4.55 Å². The quantitative estimate of drug-likeness (QED) is 0.536. The van der Waals surface area contributed by atoms with Crippen LogP contribution in [0.1, 0.15) is 23.6 Å². The highest BCUT2D eigenvalue weighted by Crippen LogP contribution is 2.30. The monoisotopic (exact) mass is 271 g/mol. The lowest BCUT2D eigenvalue weighted by atomic mass is 10.1. The summed E-state index contributed by atoms with van der Waals surface area (Å²) in [7, 11) is -3.90. The molecule has 0 saturated heterocycles. The molecule has 0 heterocycles. The molecule has 1 aliphatic rings. The van der Waals surface area contributed by atoms with Crippen LogP contribution in [0.15, 0.2) is 24.3 Å². The highest BCUT2D eigenvalue weighted by molar-refractivity contribution is 7.85. The Kier molecular flexibility index (Phi) is 4.01. The third-order valence-electron chi connectivity index (χ3n) is 3.15. The maximum atomic E-state index is 10.6. The van der Waals surface area contributed by atoms with E-state index < -0.39 is 16.2 Å². The molecule has 5 nitrogen and oxygen atoms in total. The van der Waals surface area contributed by atoms with Crippen molar-refractivity contribution in [3.8, 4) is 0 Å². The highest BCUT2D eigenvalue weighted by atomic mass is 32.2. The zero-order valence-electron chi connectivity index (χ0n) is 9.91. The largest absolute Gasteiger partial charge is 0.391 e. The first-order valence-electron chi connectivity index (χ1n) is 5.92. The van der Waals surface area contributed by atoms with Gasteiger partial charge in [0, 0.05) is 6.42 Å². The summed E-state index contributed by atoms with van der Waals surface area (Å²) in [5.41, 5.74) is 2.19. The van der Waals surface area contributed by atoms with Gasteiger partial charge in [-0.25, -0.2) is 0 Å². The molecular formula is C12H17NO4S. The molecule has 0 aromatic heterocycles. The summed E-state index contributed by atoms with van der Waals surface area (Å²) in [6.07, 6.45) is 0.462. The van der Waals surface area contributed by atoms with E-state index in [1.165, 1.54) is 0 Å². The Hall–Kier alpha value is -0.950. The predicted molar refractivity (Wildman–Crippen MR) is 67.9 cm³/mol. The molecule has 1 aromatic carbocycles. The molecule has 0 fully saturated rings. The van der Waals surface area contributed by atoms with Gasteiger partial charge in [-0.1, -0.05) is 24.3 Å². The summed E-state index contributed by atoms with van der Waals surface area (Å²) in [6, 6.07) is 7.66. The van der Waals surface area contributed by atoms with Crippen molar-refractivity contribution in [1.82, 2.24) is 5.32 Å². The Morgan fingerprint density at radius 3 is 2.78 bits per heavy atom. The second-order valence-electron chi connectivity index (χ2n) is 4.54. The molecule has 18 heavy (non-hydrogen) atoms. The van der Waals surface area contributed by atoms with Gasteiger partial charge in [0.15, 0.2) is 0 Å². The highest BCUT2D eigenvalue weighted by Gasteiger charge is 2.29. The molecule has 0 saturated carbocycles. The Morgan fingerprint density at radius 1 is 1.33 bits per heavy atom. The molecule has 2 atom stereocenters. The van der Waals surface area contributed by atoms with Crippen LogP contribution in [0, 0.1) is 0 Å². The van der Waals surface area contributed by atoms with Gasteiger partial charge < -0.3 is 10.4 Å². The second kappa shape index (κ2) is 5.36. The Labute approximate surface area is 107 Å². The SMILES string of the molecule is O=S(=O)(O)CCCNC1c2ccccc2C[C@@H]1O. The van der Waals surface area contributed by atoms with Crippen LogP contribution in [0.5, 0.6) is 0 Å². The zero-order chi connectivity index (χ0) is 13.2. The van der Waals surface area contributed by atoms with Crippen LogP contribution in [0.25, 0.3) is 0 Å². The summed E-state index contributed by atoms with van der Waals surface area (Å²) in [6.45, 7) is 0.440. The van der Waals surface area contributed by atoms with Gasteiger partial charge in [0.25, 0.3) is 10.1 Å². The number of aliphatic hydroxyl groups excluding tert-OH is 1. The molecule has 0 radical (unpaired) electrons. The fourth-order valence-electron chi connectivity index (χ4n) is 2.33. The molecule has 1 aliphatic carbocycles. The molecule has 0 spiro atoms. The average molecular weight is 271 g/mol. The molecule has 0 amide bonds. The van der Waals surface area contributed by atoms with Crippen molar-refractivity contribution in [3.05, 3.63) is 35.4 Å². The van der Waals surface area contributed by atoms with E-state index in [1.807, 2.05) is 24.3 Å².